The predicted molar refractivity (Wildman–Crippen MR) is 86.5 cm³/mol. The van der Waals surface area contributed by atoms with Crippen LogP contribution in [0.3, 0.4) is 0 Å². The van der Waals surface area contributed by atoms with Crippen molar-refractivity contribution in [2.24, 2.45) is 0 Å². The molecule has 2 heterocycles. The van der Waals surface area contributed by atoms with Crippen LogP contribution in [0.5, 0.6) is 0 Å². The molecular weight excluding hydrogens is 276 g/mol. The Morgan fingerprint density at radius 1 is 1.41 bits per heavy atom. The standard InChI is InChI=1S/C17H20N4O/c1-12-18-9-7-16(20-12)13-4-2-5-15(10-13)21-17(22)11-14-6-3-8-19-14/h2,4-5,7,9-10,14,19H,3,6,8,11H2,1H3,(H,21,22). The van der Waals surface area contributed by atoms with Crippen LogP contribution in [0.15, 0.2) is 36.5 Å². The van der Waals surface area contributed by atoms with Crippen molar-refractivity contribution in [2.75, 3.05) is 11.9 Å². The largest absolute Gasteiger partial charge is 0.326 e. The van der Waals surface area contributed by atoms with Crippen LogP contribution in [0, 0.1) is 6.92 Å². The topological polar surface area (TPSA) is 66.9 Å². The number of amides is 1. The van der Waals surface area contributed by atoms with Gasteiger partial charge in [-0.05, 0) is 44.5 Å². The molecule has 1 aromatic carbocycles. The van der Waals surface area contributed by atoms with Gasteiger partial charge < -0.3 is 10.6 Å². The first kappa shape index (κ1) is 14.7. The normalized spacial score (nSPS) is 17.4. The van der Waals surface area contributed by atoms with E-state index in [-0.39, 0.29) is 5.91 Å². The van der Waals surface area contributed by atoms with Gasteiger partial charge in [-0.25, -0.2) is 9.97 Å². The molecule has 114 valence electrons. The van der Waals surface area contributed by atoms with Gasteiger partial charge in [0.1, 0.15) is 5.82 Å². The summed E-state index contributed by atoms with van der Waals surface area (Å²) >= 11 is 0. The molecule has 3 rings (SSSR count). The van der Waals surface area contributed by atoms with Crippen LogP contribution in [0.25, 0.3) is 11.3 Å². The number of aryl methyl sites for hydroxylation is 1. The fraction of sp³-hybridized carbons (Fsp3) is 0.353. The fourth-order valence-electron chi connectivity index (χ4n) is 2.74. The third-order valence-electron chi connectivity index (χ3n) is 3.81. The lowest BCUT2D eigenvalue weighted by Crippen LogP contribution is -2.27. The summed E-state index contributed by atoms with van der Waals surface area (Å²) in [6.45, 7) is 2.88. The molecule has 0 aliphatic carbocycles. The highest BCUT2D eigenvalue weighted by Gasteiger charge is 2.17. The van der Waals surface area contributed by atoms with Crippen molar-refractivity contribution in [3.63, 3.8) is 0 Å². The number of nitrogens with one attached hydrogen (secondary N) is 2. The molecule has 1 aliphatic rings. The summed E-state index contributed by atoms with van der Waals surface area (Å²) in [5.74, 6) is 0.787. The molecular formula is C17H20N4O. The van der Waals surface area contributed by atoms with E-state index in [0.29, 0.717) is 12.5 Å². The van der Waals surface area contributed by atoms with E-state index < -0.39 is 0 Å². The lowest BCUT2D eigenvalue weighted by atomic mass is 10.1. The summed E-state index contributed by atoms with van der Waals surface area (Å²) < 4.78 is 0. The van der Waals surface area contributed by atoms with E-state index in [2.05, 4.69) is 20.6 Å². The summed E-state index contributed by atoms with van der Waals surface area (Å²) in [7, 11) is 0. The Bertz CT molecular complexity index is 665. The predicted octanol–water partition coefficient (Wildman–Crippen LogP) is 2.53. The van der Waals surface area contributed by atoms with Crippen LogP contribution in [-0.4, -0.2) is 28.5 Å². The van der Waals surface area contributed by atoms with Crippen LogP contribution >= 0.6 is 0 Å². The van der Waals surface area contributed by atoms with Crippen LogP contribution in [0.2, 0.25) is 0 Å². The Kier molecular flexibility index (Phi) is 4.44. The highest BCUT2D eigenvalue weighted by atomic mass is 16.1. The van der Waals surface area contributed by atoms with E-state index in [1.54, 1.807) is 6.20 Å². The highest BCUT2D eigenvalue weighted by molar-refractivity contribution is 5.91. The van der Waals surface area contributed by atoms with Crippen LogP contribution in [0.1, 0.15) is 25.1 Å². The number of hydrogen-bond acceptors (Lipinski definition) is 4. The molecule has 1 atom stereocenters. The molecule has 1 aliphatic heterocycles. The summed E-state index contributed by atoms with van der Waals surface area (Å²) in [4.78, 5) is 20.6. The van der Waals surface area contributed by atoms with Gasteiger partial charge in [0.25, 0.3) is 0 Å². The Labute approximate surface area is 130 Å². The lowest BCUT2D eigenvalue weighted by molar-refractivity contribution is -0.116. The van der Waals surface area contributed by atoms with Crippen LogP contribution in [-0.2, 0) is 4.79 Å². The van der Waals surface area contributed by atoms with Crippen molar-refractivity contribution >= 4 is 11.6 Å². The minimum absolute atomic E-state index is 0.0513. The molecule has 5 heteroatoms. The van der Waals surface area contributed by atoms with Gasteiger partial charge in [0.05, 0.1) is 5.69 Å². The number of aromatic nitrogens is 2. The Hall–Kier alpha value is -2.27. The van der Waals surface area contributed by atoms with Crippen molar-refractivity contribution in [1.82, 2.24) is 15.3 Å². The van der Waals surface area contributed by atoms with E-state index in [4.69, 9.17) is 0 Å². The zero-order chi connectivity index (χ0) is 15.4. The summed E-state index contributed by atoms with van der Waals surface area (Å²) in [6, 6.07) is 9.94. The Morgan fingerprint density at radius 2 is 2.32 bits per heavy atom. The maximum Gasteiger partial charge on any atom is 0.225 e. The Morgan fingerprint density at radius 3 is 3.09 bits per heavy atom. The average Bonchev–Trinajstić information content (AvgIpc) is 3.00. The second kappa shape index (κ2) is 6.66. The van der Waals surface area contributed by atoms with Crippen molar-refractivity contribution in [1.29, 1.82) is 0 Å². The zero-order valence-corrected chi connectivity index (χ0v) is 12.7. The number of carbonyl (C=O) groups is 1. The summed E-state index contributed by atoms with van der Waals surface area (Å²) in [5.41, 5.74) is 2.64. The van der Waals surface area contributed by atoms with Gasteiger partial charge in [-0.1, -0.05) is 12.1 Å². The average molecular weight is 296 g/mol. The molecule has 5 nitrogen and oxygen atoms in total. The summed E-state index contributed by atoms with van der Waals surface area (Å²) in [5, 5.41) is 6.31. The van der Waals surface area contributed by atoms with E-state index >= 15 is 0 Å². The fourth-order valence-corrected chi connectivity index (χ4v) is 2.74. The third kappa shape index (κ3) is 3.68. The van der Waals surface area contributed by atoms with Gasteiger partial charge in [-0.3, -0.25) is 4.79 Å². The van der Waals surface area contributed by atoms with Crippen LogP contribution < -0.4 is 10.6 Å². The van der Waals surface area contributed by atoms with Crippen molar-refractivity contribution < 1.29 is 4.79 Å². The van der Waals surface area contributed by atoms with E-state index in [0.717, 1.165) is 42.2 Å². The number of nitrogens with zero attached hydrogens (tertiary/aromatic N) is 2. The Balaban J connectivity index is 1.69. The SMILES string of the molecule is Cc1nccc(-c2cccc(NC(=O)CC3CCCN3)c2)n1. The van der Waals surface area contributed by atoms with Gasteiger partial charge in [0.15, 0.2) is 0 Å². The molecule has 1 unspecified atom stereocenters. The molecule has 0 spiro atoms. The van der Waals surface area contributed by atoms with Gasteiger partial charge in [-0.15, -0.1) is 0 Å². The molecule has 1 amide bonds. The lowest BCUT2D eigenvalue weighted by Gasteiger charge is -2.11. The molecule has 1 fully saturated rings. The second-order valence-corrected chi connectivity index (χ2v) is 5.62. The minimum Gasteiger partial charge on any atom is -0.326 e. The van der Waals surface area contributed by atoms with E-state index in [1.165, 1.54) is 0 Å². The van der Waals surface area contributed by atoms with Gasteiger partial charge in [-0.2, -0.15) is 0 Å². The zero-order valence-electron chi connectivity index (χ0n) is 12.7. The van der Waals surface area contributed by atoms with E-state index in [9.17, 15) is 4.79 Å². The van der Waals surface area contributed by atoms with Crippen LogP contribution in [0.4, 0.5) is 5.69 Å². The second-order valence-electron chi connectivity index (χ2n) is 5.62. The van der Waals surface area contributed by atoms with Gasteiger partial charge in [0.2, 0.25) is 5.91 Å². The maximum atomic E-state index is 12.1. The minimum atomic E-state index is 0.0513. The molecule has 22 heavy (non-hydrogen) atoms. The van der Waals surface area contributed by atoms with Crippen molar-refractivity contribution in [3.8, 4) is 11.3 Å². The number of benzene rings is 1. The summed E-state index contributed by atoms with van der Waals surface area (Å²) in [6.07, 6.45) is 4.50. The molecule has 0 radical (unpaired) electrons. The van der Waals surface area contributed by atoms with Gasteiger partial charge >= 0.3 is 0 Å². The maximum absolute atomic E-state index is 12.1. The first-order valence-electron chi connectivity index (χ1n) is 7.64. The molecule has 2 aromatic rings. The van der Waals surface area contributed by atoms with Gasteiger partial charge in [0, 0.05) is 29.9 Å². The highest BCUT2D eigenvalue weighted by Crippen LogP contribution is 2.21. The number of rotatable bonds is 4. The smallest absolute Gasteiger partial charge is 0.225 e. The molecule has 1 aromatic heterocycles. The molecule has 0 bridgehead atoms. The van der Waals surface area contributed by atoms with Crippen molar-refractivity contribution in [2.45, 2.75) is 32.2 Å². The quantitative estimate of drug-likeness (QED) is 0.910. The molecule has 0 saturated carbocycles. The number of hydrogen-bond donors (Lipinski definition) is 2. The number of anilines is 1. The third-order valence-corrected chi connectivity index (χ3v) is 3.81. The van der Waals surface area contributed by atoms with Crippen molar-refractivity contribution in [3.05, 3.63) is 42.4 Å². The molecule has 2 N–H and O–H groups in total. The van der Waals surface area contributed by atoms with E-state index in [1.807, 2.05) is 37.3 Å². The monoisotopic (exact) mass is 296 g/mol. The number of carbonyl (C=O) groups excluding carboxylic acids is 1. The first-order valence-corrected chi connectivity index (χ1v) is 7.64. The first-order chi connectivity index (χ1) is 10.7. The molecule has 1 saturated heterocycles.